The van der Waals surface area contributed by atoms with Crippen molar-refractivity contribution in [3.63, 3.8) is 0 Å². The highest BCUT2D eigenvalue weighted by atomic mass is 16.5. The van der Waals surface area contributed by atoms with Crippen molar-refractivity contribution in [1.29, 1.82) is 0 Å². The summed E-state index contributed by atoms with van der Waals surface area (Å²) in [7, 11) is 0. The second-order valence-electron chi connectivity index (χ2n) is 6.41. The quantitative estimate of drug-likeness (QED) is 0.692. The molecule has 1 heterocycles. The summed E-state index contributed by atoms with van der Waals surface area (Å²) < 4.78 is 13.5. The average Bonchev–Trinajstić information content (AvgIpc) is 2.94. The molecule has 26 heavy (non-hydrogen) atoms. The first-order chi connectivity index (χ1) is 12.5. The zero-order valence-electron chi connectivity index (χ0n) is 16.1. The van der Waals surface area contributed by atoms with Crippen LogP contribution in [0.15, 0.2) is 36.4 Å². The maximum Gasteiger partial charge on any atom is 0.333 e. The molecule has 5 heteroatoms. The molecule has 142 valence electrons. The van der Waals surface area contributed by atoms with Gasteiger partial charge in [0.2, 0.25) is 0 Å². The van der Waals surface area contributed by atoms with Crippen molar-refractivity contribution in [2.45, 2.75) is 52.7 Å². The molecule has 0 spiro atoms. The second kappa shape index (κ2) is 9.43. The monoisotopic (exact) mass is 359 g/mol. The Labute approximate surface area is 155 Å². The van der Waals surface area contributed by atoms with E-state index in [2.05, 4.69) is 30.5 Å². The Kier molecular flexibility index (Phi) is 7.27. The second-order valence-corrected chi connectivity index (χ2v) is 6.41. The molecule has 0 aliphatic heterocycles. The van der Waals surface area contributed by atoms with Crippen molar-refractivity contribution in [3.05, 3.63) is 53.3 Å². The van der Waals surface area contributed by atoms with Crippen LogP contribution < -0.4 is 4.74 Å². The summed E-state index contributed by atoms with van der Waals surface area (Å²) in [5.74, 6) is -0.308. The Hall–Kier alpha value is -2.27. The molecule has 2 atom stereocenters. The van der Waals surface area contributed by atoms with Gasteiger partial charge < -0.3 is 19.1 Å². The van der Waals surface area contributed by atoms with Crippen LogP contribution in [-0.4, -0.2) is 35.0 Å². The van der Waals surface area contributed by atoms with Crippen molar-refractivity contribution in [2.24, 2.45) is 0 Å². The van der Waals surface area contributed by atoms with Gasteiger partial charge in [0.1, 0.15) is 12.4 Å². The van der Waals surface area contributed by atoms with Gasteiger partial charge in [-0.2, -0.15) is 0 Å². The summed E-state index contributed by atoms with van der Waals surface area (Å²) >= 11 is 0. The third kappa shape index (κ3) is 4.88. The normalized spacial score (nSPS) is 13.4. The average molecular weight is 359 g/mol. The smallest absolute Gasteiger partial charge is 0.333 e. The maximum absolute atomic E-state index is 11.5. The van der Waals surface area contributed by atoms with Gasteiger partial charge in [-0.3, -0.25) is 0 Å². The fourth-order valence-corrected chi connectivity index (χ4v) is 3.28. The topological polar surface area (TPSA) is 60.7 Å². The number of aryl methyl sites for hydroxylation is 2. The first-order valence-corrected chi connectivity index (χ1v) is 9.17. The predicted molar refractivity (Wildman–Crippen MR) is 102 cm³/mol. The van der Waals surface area contributed by atoms with E-state index >= 15 is 0 Å². The number of benzene rings is 1. The first kappa shape index (κ1) is 20.0. The lowest BCUT2D eigenvalue weighted by atomic mass is 9.91. The third-order valence-corrected chi connectivity index (χ3v) is 4.70. The molecule has 0 aliphatic carbocycles. The van der Waals surface area contributed by atoms with Crippen LogP contribution in [0.5, 0.6) is 5.75 Å². The lowest BCUT2D eigenvalue weighted by Crippen LogP contribution is -2.30. The fourth-order valence-electron chi connectivity index (χ4n) is 3.28. The maximum atomic E-state index is 11.5. The minimum atomic E-state index is -0.920. The highest BCUT2D eigenvalue weighted by Gasteiger charge is 2.28. The summed E-state index contributed by atoms with van der Waals surface area (Å²) in [4.78, 5) is 11.5. The number of nitrogens with zero attached hydrogens (tertiary/aromatic N) is 1. The van der Waals surface area contributed by atoms with E-state index in [4.69, 9.17) is 9.47 Å². The van der Waals surface area contributed by atoms with Gasteiger partial charge >= 0.3 is 5.97 Å². The van der Waals surface area contributed by atoms with Gasteiger partial charge in [-0.15, -0.1) is 0 Å². The largest absolute Gasteiger partial charge is 0.492 e. The number of carbonyl (C=O) groups is 1. The number of carboxylic acids is 1. The Morgan fingerprint density at radius 3 is 2.19 bits per heavy atom. The molecule has 5 nitrogen and oxygen atoms in total. The Bertz CT molecular complexity index is 686. The van der Waals surface area contributed by atoms with E-state index < -0.39 is 12.1 Å². The number of rotatable bonds is 10. The van der Waals surface area contributed by atoms with Crippen LogP contribution in [0.3, 0.4) is 0 Å². The van der Waals surface area contributed by atoms with Crippen molar-refractivity contribution in [2.75, 3.05) is 13.2 Å². The standard InChI is InChI=1S/C21H29NO4/c1-5-19(20(21(23)24)25-6-2)17-9-11-18(12-10-17)26-14-13-22-15(3)7-8-16(22)4/h7-12,19-20H,5-6,13-14H2,1-4H3,(H,23,24). The van der Waals surface area contributed by atoms with Crippen LogP contribution in [0.25, 0.3) is 0 Å². The lowest BCUT2D eigenvalue weighted by Gasteiger charge is -2.23. The van der Waals surface area contributed by atoms with Gasteiger partial charge in [-0.25, -0.2) is 4.79 Å². The predicted octanol–water partition coefficient (Wildman–Crippen LogP) is 4.17. The van der Waals surface area contributed by atoms with Crippen LogP contribution in [-0.2, 0) is 16.1 Å². The van der Waals surface area contributed by atoms with Gasteiger partial charge in [0.25, 0.3) is 0 Å². The number of hydrogen-bond donors (Lipinski definition) is 1. The van der Waals surface area contributed by atoms with E-state index in [1.807, 2.05) is 38.1 Å². The Balaban J connectivity index is 1.99. The van der Waals surface area contributed by atoms with Crippen LogP contribution in [0.2, 0.25) is 0 Å². The van der Waals surface area contributed by atoms with Gasteiger partial charge in [-0.05, 0) is 57.0 Å². The summed E-state index contributed by atoms with van der Waals surface area (Å²) in [5, 5.41) is 9.42. The van der Waals surface area contributed by atoms with Gasteiger partial charge in [0.05, 0.1) is 6.54 Å². The molecule has 0 saturated carbocycles. The van der Waals surface area contributed by atoms with E-state index in [0.717, 1.165) is 17.9 Å². The molecule has 1 aromatic heterocycles. The van der Waals surface area contributed by atoms with Crippen molar-refractivity contribution in [1.82, 2.24) is 4.57 Å². The molecule has 0 radical (unpaired) electrons. The number of carboxylic acid groups (broad SMARTS) is 1. The number of ether oxygens (including phenoxy) is 2. The first-order valence-electron chi connectivity index (χ1n) is 9.17. The SMILES string of the molecule is CCOC(C(=O)O)C(CC)c1ccc(OCCn2c(C)ccc2C)cc1. The zero-order chi connectivity index (χ0) is 19.1. The number of aliphatic carboxylic acids is 1. The van der Waals surface area contributed by atoms with Crippen LogP contribution in [0.1, 0.15) is 43.1 Å². The van der Waals surface area contributed by atoms with Crippen molar-refractivity contribution in [3.8, 4) is 5.75 Å². The molecule has 1 N–H and O–H groups in total. The minimum Gasteiger partial charge on any atom is -0.492 e. The molecule has 2 aromatic rings. The van der Waals surface area contributed by atoms with E-state index in [1.165, 1.54) is 11.4 Å². The van der Waals surface area contributed by atoms with Crippen LogP contribution in [0.4, 0.5) is 0 Å². The molecule has 0 fully saturated rings. The molecule has 0 aliphatic rings. The van der Waals surface area contributed by atoms with E-state index in [0.29, 0.717) is 19.6 Å². The summed E-state index contributed by atoms with van der Waals surface area (Å²) in [5.41, 5.74) is 3.41. The highest BCUT2D eigenvalue weighted by molar-refractivity contribution is 5.73. The van der Waals surface area contributed by atoms with Crippen LogP contribution in [0, 0.1) is 13.8 Å². The Morgan fingerprint density at radius 2 is 1.69 bits per heavy atom. The molecular weight excluding hydrogens is 330 g/mol. The molecule has 0 bridgehead atoms. The van der Waals surface area contributed by atoms with Crippen molar-refractivity contribution >= 4 is 5.97 Å². The molecule has 1 aromatic carbocycles. The van der Waals surface area contributed by atoms with Crippen LogP contribution >= 0.6 is 0 Å². The molecule has 0 amide bonds. The fraction of sp³-hybridized carbons (Fsp3) is 0.476. The zero-order valence-corrected chi connectivity index (χ0v) is 16.1. The third-order valence-electron chi connectivity index (χ3n) is 4.70. The molecule has 0 saturated heterocycles. The van der Waals surface area contributed by atoms with Gasteiger partial charge in [-0.1, -0.05) is 19.1 Å². The molecule has 2 unspecified atom stereocenters. The van der Waals surface area contributed by atoms with Crippen molar-refractivity contribution < 1.29 is 19.4 Å². The van der Waals surface area contributed by atoms with E-state index in [9.17, 15) is 9.90 Å². The summed E-state index contributed by atoms with van der Waals surface area (Å²) in [6.45, 7) is 9.74. The number of hydrogen-bond acceptors (Lipinski definition) is 3. The van der Waals surface area contributed by atoms with Gasteiger partial charge in [0, 0.05) is 23.9 Å². The molecular formula is C21H29NO4. The highest BCUT2D eigenvalue weighted by Crippen LogP contribution is 2.27. The van der Waals surface area contributed by atoms with E-state index in [1.54, 1.807) is 0 Å². The van der Waals surface area contributed by atoms with Gasteiger partial charge in [0.15, 0.2) is 6.10 Å². The Morgan fingerprint density at radius 1 is 1.08 bits per heavy atom. The summed E-state index contributed by atoms with van der Waals surface area (Å²) in [6, 6.07) is 11.9. The lowest BCUT2D eigenvalue weighted by molar-refractivity contribution is -0.151. The molecule has 2 rings (SSSR count). The van der Waals surface area contributed by atoms with E-state index in [-0.39, 0.29) is 5.92 Å². The number of aromatic nitrogens is 1. The summed E-state index contributed by atoms with van der Waals surface area (Å²) in [6.07, 6.45) is -0.125. The minimum absolute atomic E-state index is 0.174.